The second-order valence-corrected chi connectivity index (χ2v) is 19.0. The number of aliphatic hydroxyl groups excluding tert-OH is 14. The summed E-state index contributed by atoms with van der Waals surface area (Å²) in [5, 5.41) is 149. The predicted molar refractivity (Wildman–Crippen MR) is 212 cm³/mol. The van der Waals surface area contributed by atoms with E-state index >= 15 is 0 Å². The molecule has 0 amide bonds. The lowest BCUT2D eigenvalue weighted by molar-refractivity contribution is -0.352. The molecule has 23 nitrogen and oxygen atoms in total. The highest BCUT2D eigenvalue weighted by Gasteiger charge is 2.55. The van der Waals surface area contributed by atoms with E-state index in [0.717, 1.165) is 0 Å². The fraction of sp³-hybridized carbons (Fsp3) is 0.929. The Hall–Kier alpha value is -1.63. The van der Waals surface area contributed by atoms with Crippen molar-refractivity contribution < 1.29 is 114 Å². The Labute approximate surface area is 374 Å². The lowest BCUT2D eigenvalue weighted by atomic mass is 9.72. The molecule has 4 heterocycles. The molecule has 14 N–H and O–H groups in total. The quantitative estimate of drug-likeness (QED) is 0.0640. The van der Waals surface area contributed by atoms with Crippen LogP contribution in [0.3, 0.4) is 0 Å². The van der Waals surface area contributed by atoms with Crippen LogP contribution >= 0.6 is 0 Å². The van der Waals surface area contributed by atoms with Crippen LogP contribution in [0.1, 0.15) is 64.7 Å². The van der Waals surface area contributed by atoms with Gasteiger partial charge in [0.15, 0.2) is 18.9 Å². The van der Waals surface area contributed by atoms with Gasteiger partial charge >= 0.3 is 5.97 Å². The normalized spacial score (nSPS) is 52.2. The number of ether oxygens (including phenoxy) is 8. The first-order valence-corrected chi connectivity index (χ1v) is 22.7. The lowest BCUT2D eigenvalue weighted by Crippen LogP contribution is -2.64. The Bertz CT molecular complexity index is 1540. The van der Waals surface area contributed by atoms with Gasteiger partial charge in [-0.25, -0.2) is 4.79 Å². The van der Waals surface area contributed by atoms with Gasteiger partial charge in [0.2, 0.25) is 0 Å². The third-order valence-corrected chi connectivity index (χ3v) is 14.3. The number of fused-ring (bicyclic) bond motifs is 1. The molecule has 0 aromatic rings. The Kier molecular flexibility index (Phi) is 17.3. The summed E-state index contributed by atoms with van der Waals surface area (Å²) in [6.45, 7) is 0.338. The smallest absolute Gasteiger partial charge is 0.330 e. The van der Waals surface area contributed by atoms with Crippen LogP contribution in [0.15, 0.2) is 12.2 Å². The molecule has 7 aliphatic rings. The molecule has 7 fully saturated rings. The summed E-state index contributed by atoms with van der Waals surface area (Å²) in [4.78, 5) is 12.6. The number of carbonyl (C=O) groups is 1. The molecule has 23 heteroatoms. The maximum Gasteiger partial charge on any atom is 0.330 e. The van der Waals surface area contributed by atoms with E-state index in [-0.39, 0.29) is 44.1 Å². The van der Waals surface area contributed by atoms with Crippen molar-refractivity contribution in [3.63, 3.8) is 0 Å². The maximum absolute atomic E-state index is 12.6. The Morgan fingerprint density at radius 2 is 1.09 bits per heavy atom. The topological polar surface area (TPSA) is 374 Å². The Balaban J connectivity index is 1.05. The minimum Gasteiger partial charge on any atom is -0.460 e. The molecule has 0 radical (unpaired) electrons. The molecule has 4 aliphatic heterocycles. The van der Waals surface area contributed by atoms with Gasteiger partial charge in [-0.1, -0.05) is 6.08 Å². The highest BCUT2D eigenvalue weighted by atomic mass is 16.7. The van der Waals surface area contributed by atoms with Gasteiger partial charge in [-0.2, -0.15) is 0 Å². The predicted octanol–water partition coefficient (Wildman–Crippen LogP) is -5.71. The van der Waals surface area contributed by atoms with E-state index in [0.29, 0.717) is 25.7 Å². The third kappa shape index (κ3) is 11.7. The average Bonchev–Trinajstić information content (AvgIpc) is 3.27. The molecular formula is C42H68O23. The summed E-state index contributed by atoms with van der Waals surface area (Å²) in [6.07, 6.45) is -28.2. The maximum atomic E-state index is 12.6. The van der Waals surface area contributed by atoms with E-state index in [1.165, 1.54) is 13.0 Å². The molecule has 65 heavy (non-hydrogen) atoms. The minimum atomic E-state index is -1.88. The molecule has 23 unspecified atom stereocenters. The first kappa shape index (κ1) is 51.2. The Morgan fingerprint density at radius 3 is 1.71 bits per heavy atom. The van der Waals surface area contributed by atoms with Gasteiger partial charge < -0.3 is 109 Å². The lowest BCUT2D eigenvalue weighted by Gasteiger charge is -2.53. The number of hydrogen-bond acceptors (Lipinski definition) is 23. The summed E-state index contributed by atoms with van der Waals surface area (Å²) in [6, 6.07) is 0. The third-order valence-electron chi connectivity index (χ3n) is 14.3. The number of aliphatic hydroxyl groups is 14. The van der Waals surface area contributed by atoms with E-state index in [4.69, 9.17) is 37.9 Å². The molecule has 3 aliphatic carbocycles. The standard InChI is InChI=1S/C42H68O23/c1-15-29(48)33(52)36(55)40(60-15)59-14-27-32(51)35(54)38(57)42(65-27)63-25-12-20-23(61-39(25)17-8-21(45)30(49)22(46)9-17)10-19(44)11-24(20)62-41-37(56)34(53)31(50)26(64-41)13-58-28(47)7-4-16-2-5-18(43)6-3-16/h4,7,15-27,29-46,48-57H,2-3,5-6,8-14H2,1H3. The van der Waals surface area contributed by atoms with E-state index in [2.05, 4.69) is 0 Å². The fourth-order valence-electron chi connectivity index (χ4n) is 10.3. The van der Waals surface area contributed by atoms with Crippen LogP contribution in [0.2, 0.25) is 0 Å². The summed E-state index contributed by atoms with van der Waals surface area (Å²) >= 11 is 0. The molecule has 0 bridgehead atoms. The van der Waals surface area contributed by atoms with E-state index < -0.39 is 172 Å². The van der Waals surface area contributed by atoms with Crippen molar-refractivity contribution in [3.8, 4) is 0 Å². The van der Waals surface area contributed by atoms with Gasteiger partial charge in [-0.05, 0) is 70.1 Å². The molecule has 3 saturated carbocycles. The number of allylic oxidation sites excluding steroid dienone is 1. The van der Waals surface area contributed by atoms with Crippen molar-refractivity contribution in [3.05, 3.63) is 12.2 Å². The highest BCUT2D eigenvalue weighted by molar-refractivity contribution is 5.81. The van der Waals surface area contributed by atoms with Gasteiger partial charge in [-0.3, -0.25) is 0 Å². The summed E-state index contributed by atoms with van der Waals surface area (Å²) in [7, 11) is 0. The molecule has 0 aromatic carbocycles. The fourth-order valence-corrected chi connectivity index (χ4v) is 10.3. The van der Waals surface area contributed by atoms with Gasteiger partial charge in [0.05, 0.1) is 61.5 Å². The van der Waals surface area contributed by atoms with Crippen molar-refractivity contribution in [2.45, 2.75) is 212 Å². The molecular weight excluding hydrogens is 872 g/mol. The number of carbonyl (C=O) groups excluding carboxylic acids is 1. The molecule has 4 saturated heterocycles. The average molecular weight is 941 g/mol. The van der Waals surface area contributed by atoms with Gasteiger partial charge in [-0.15, -0.1) is 0 Å². The van der Waals surface area contributed by atoms with Crippen LogP contribution in [-0.4, -0.2) is 238 Å². The van der Waals surface area contributed by atoms with Crippen molar-refractivity contribution in [2.24, 2.45) is 17.8 Å². The van der Waals surface area contributed by atoms with Crippen molar-refractivity contribution in [1.29, 1.82) is 0 Å². The Morgan fingerprint density at radius 1 is 0.538 bits per heavy atom. The number of rotatable bonds is 12. The number of esters is 1. The summed E-state index contributed by atoms with van der Waals surface area (Å²) in [5.74, 6) is -2.05. The van der Waals surface area contributed by atoms with E-state index in [1.54, 1.807) is 6.08 Å². The van der Waals surface area contributed by atoms with Crippen molar-refractivity contribution >= 4 is 5.97 Å². The zero-order valence-electron chi connectivity index (χ0n) is 36.0. The van der Waals surface area contributed by atoms with Crippen molar-refractivity contribution in [1.82, 2.24) is 0 Å². The van der Waals surface area contributed by atoms with Crippen molar-refractivity contribution in [2.75, 3.05) is 13.2 Å². The van der Waals surface area contributed by atoms with Crippen LogP contribution in [0.25, 0.3) is 0 Å². The molecule has 7 rings (SSSR count). The molecule has 0 spiro atoms. The molecule has 374 valence electrons. The second-order valence-electron chi connectivity index (χ2n) is 19.0. The van der Waals surface area contributed by atoms with Crippen LogP contribution < -0.4 is 0 Å². The molecule has 23 atom stereocenters. The van der Waals surface area contributed by atoms with E-state index in [1.807, 2.05) is 0 Å². The van der Waals surface area contributed by atoms with Crippen LogP contribution in [0, 0.1) is 17.8 Å². The largest absolute Gasteiger partial charge is 0.460 e. The zero-order valence-corrected chi connectivity index (χ0v) is 36.0. The van der Waals surface area contributed by atoms with Crippen LogP contribution in [-0.2, 0) is 42.7 Å². The van der Waals surface area contributed by atoms with Gasteiger partial charge in [0.25, 0.3) is 0 Å². The summed E-state index contributed by atoms with van der Waals surface area (Å²) < 4.78 is 47.5. The monoisotopic (exact) mass is 940 g/mol. The first-order valence-electron chi connectivity index (χ1n) is 22.7. The highest BCUT2D eigenvalue weighted by Crippen LogP contribution is 2.45. The van der Waals surface area contributed by atoms with Gasteiger partial charge in [0.1, 0.15) is 79.9 Å². The molecule has 0 aromatic heterocycles. The first-order chi connectivity index (χ1) is 30.8. The SMILES string of the molecule is CC1OC(OCC2OC(OC3CC4C(OC5OC(COC(=O)C=CC6CCC(O)CC6)C(O)C(O)C5O)CC(O)CC4OC3C3CC(O)C(O)C(O)C3)C(O)C(O)C2O)C(O)C(O)C1O. The number of hydrogen-bond donors (Lipinski definition) is 14. The van der Waals surface area contributed by atoms with Crippen LogP contribution in [0.5, 0.6) is 0 Å². The van der Waals surface area contributed by atoms with E-state index in [9.17, 15) is 76.3 Å². The zero-order chi connectivity index (χ0) is 47.0. The summed E-state index contributed by atoms with van der Waals surface area (Å²) in [5.41, 5.74) is 0. The van der Waals surface area contributed by atoms with Crippen LogP contribution in [0.4, 0.5) is 0 Å². The minimum absolute atomic E-state index is 0.00804. The van der Waals surface area contributed by atoms with Gasteiger partial charge in [0, 0.05) is 18.4 Å². The second kappa shape index (κ2) is 22.0.